The van der Waals surface area contributed by atoms with Crippen LogP contribution in [0.15, 0.2) is 11.6 Å². The lowest BCUT2D eigenvalue weighted by molar-refractivity contribution is -0.141. The zero-order chi connectivity index (χ0) is 11.8. The van der Waals surface area contributed by atoms with E-state index in [2.05, 4.69) is 13.0 Å². The van der Waals surface area contributed by atoms with Crippen molar-refractivity contribution < 1.29 is 14.6 Å². The standard InChI is InChI=1S/C13H22O3/c1-12(2)15-9-11(16-12)7-13(3)6-4-5-10(13)8-14/h5,11,14H,4,6-9H2,1-3H3/t11-,13-/m0/s1. The molecule has 0 saturated carbocycles. The van der Waals surface area contributed by atoms with Gasteiger partial charge in [0, 0.05) is 0 Å². The molecule has 1 N–H and O–H groups in total. The van der Waals surface area contributed by atoms with Crippen molar-refractivity contribution in [2.45, 2.75) is 51.9 Å². The van der Waals surface area contributed by atoms with Crippen LogP contribution in [0.5, 0.6) is 0 Å². The van der Waals surface area contributed by atoms with Gasteiger partial charge in [-0.1, -0.05) is 13.0 Å². The fourth-order valence-electron chi connectivity index (χ4n) is 2.83. The normalized spacial score (nSPS) is 37.8. The van der Waals surface area contributed by atoms with Crippen LogP contribution in [0.1, 0.15) is 40.0 Å². The number of aliphatic hydroxyl groups is 1. The molecule has 0 aromatic carbocycles. The van der Waals surface area contributed by atoms with Gasteiger partial charge in [-0.05, 0) is 44.1 Å². The molecule has 3 nitrogen and oxygen atoms in total. The summed E-state index contributed by atoms with van der Waals surface area (Å²) in [5.74, 6) is -0.442. The minimum absolute atomic E-state index is 0.100. The molecule has 2 aliphatic rings. The molecule has 1 heterocycles. The Balaban J connectivity index is 1.97. The highest BCUT2D eigenvalue weighted by Gasteiger charge is 2.40. The van der Waals surface area contributed by atoms with Crippen LogP contribution in [-0.2, 0) is 9.47 Å². The summed E-state index contributed by atoms with van der Waals surface area (Å²) in [4.78, 5) is 0. The van der Waals surface area contributed by atoms with Crippen molar-refractivity contribution in [2.24, 2.45) is 5.41 Å². The molecule has 92 valence electrons. The summed E-state index contributed by atoms with van der Waals surface area (Å²) in [5, 5.41) is 9.34. The average molecular weight is 226 g/mol. The van der Waals surface area contributed by atoms with E-state index in [1.54, 1.807) is 0 Å². The fourth-order valence-corrected chi connectivity index (χ4v) is 2.83. The first-order chi connectivity index (χ1) is 7.45. The van der Waals surface area contributed by atoms with Gasteiger partial charge in [0.25, 0.3) is 0 Å². The zero-order valence-corrected chi connectivity index (χ0v) is 10.5. The van der Waals surface area contributed by atoms with Crippen LogP contribution < -0.4 is 0 Å². The van der Waals surface area contributed by atoms with Gasteiger partial charge < -0.3 is 14.6 Å². The highest BCUT2D eigenvalue weighted by Crippen LogP contribution is 2.44. The molecular weight excluding hydrogens is 204 g/mol. The van der Waals surface area contributed by atoms with Crippen LogP contribution >= 0.6 is 0 Å². The molecule has 2 atom stereocenters. The van der Waals surface area contributed by atoms with Crippen molar-refractivity contribution in [2.75, 3.05) is 13.2 Å². The van der Waals surface area contributed by atoms with Gasteiger partial charge in [0.05, 0.1) is 19.3 Å². The van der Waals surface area contributed by atoms with Crippen molar-refractivity contribution in [3.8, 4) is 0 Å². The first-order valence-corrected chi connectivity index (χ1v) is 6.07. The largest absolute Gasteiger partial charge is 0.392 e. The van der Waals surface area contributed by atoms with E-state index in [4.69, 9.17) is 9.47 Å². The SMILES string of the molecule is CC1(C)OC[C@H](C[C@]2(C)CCC=C2CO)O1. The predicted octanol–water partition coefficient (Wildman–Crippen LogP) is 2.25. The highest BCUT2D eigenvalue weighted by molar-refractivity contribution is 5.19. The summed E-state index contributed by atoms with van der Waals surface area (Å²) in [6.45, 7) is 6.96. The van der Waals surface area contributed by atoms with Gasteiger partial charge in [0.15, 0.2) is 5.79 Å². The fraction of sp³-hybridized carbons (Fsp3) is 0.846. The van der Waals surface area contributed by atoms with Crippen LogP contribution in [-0.4, -0.2) is 30.2 Å². The van der Waals surface area contributed by atoms with Crippen molar-refractivity contribution in [3.63, 3.8) is 0 Å². The van der Waals surface area contributed by atoms with Crippen LogP contribution in [0.4, 0.5) is 0 Å². The lowest BCUT2D eigenvalue weighted by Crippen LogP contribution is -2.28. The first kappa shape index (κ1) is 12.1. The van der Waals surface area contributed by atoms with Gasteiger partial charge in [-0.2, -0.15) is 0 Å². The monoisotopic (exact) mass is 226 g/mol. The average Bonchev–Trinajstić information content (AvgIpc) is 2.70. The molecule has 16 heavy (non-hydrogen) atoms. The summed E-state index contributed by atoms with van der Waals surface area (Å²) in [6.07, 6.45) is 5.46. The van der Waals surface area contributed by atoms with Crippen molar-refractivity contribution >= 4 is 0 Å². The third kappa shape index (κ3) is 2.31. The molecule has 0 aromatic rings. The maximum Gasteiger partial charge on any atom is 0.163 e. The van der Waals surface area contributed by atoms with E-state index in [-0.39, 0.29) is 18.1 Å². The van der Waals surface area contributed by atoms with E-state index in [1.165, 1.54) is 5.57 Å². The highest BCUT2D eigenvalue weighted by atomic mass is 16.7. The first-order valence-electron chi connectivity index (χ1n) is 6.07. The molecule has 1 aliphatic carbocycles. The number of aliphatic hydroxyl groups excluding tert-OH is 1. The van der Waals surface area contributed by atoms with Gasteiger partial charge in [-0.15, -0.1) is 0 Å². The molecule has 2 rings (SSSR count). The number of allylic oxidation sites excluding steroid dienone is 1. The van der Waals surface area contributed by atoms with Crippen LogP contribution in [0.25, 0.3) is 0 Å². The minimum atomic E-state index is -0.442. The van der Waals surface area contributed by atoms with Gasteiger partial charge in [0.1, 0.15) is 0 Å². The second kappa shape index (κ2) is 4.13. The third-order valence-corrected chi connectivity index (χ3v) is 3.78. The van der Waals surface area contributed by atoms with Crippen LogP contribution in [0, 0.1) is 5.41 Å². The third-order valence-electron chi connectivity index (χ3n) is 3.78. The number of ether oxygens (including phenoxy) is 2. The van der Waals surface area contributed by atoms with E-state index >= 15 is 0 Å². The summed E-state index contributed by atoms with van der Waals surface area (Å²) in [5.41, 5.74) is 1.27. The molecule has 0 spiro atoms. The topological polar surface area (TPSA) is 38.7 Å². The van der Waals surface area contributed by atoms with E-state index in [0.29, 0.717) is 6.61 Å². The molecular formula is C13H22O3. The Bertz CT molecular complexity index is 296. The molecule has 1 fully saturated rings. The van der Waals surface area contributed by atoms with Gasteiger partial charge >= 0.3 is 0 Å². The van der Waals surface area contributed by atoms with E-state index in [9.17, 15) is 5.11 Å². The molecule has 0 aromatic heterocycles. The Hall–Kier alpha value is -0.380. The van der Waals surface area contributed by atoms with Gasteiger partial charge in [-0.3, -0.25) is 0 Å². The zero-order valence-electron chi connectivity index (χ0n) is 10.5. The van der Waals surface area contributed by atoms with Crippen LogP contribution in [0.3, 0.4) is 0 Å². The quantitative estimate of drug-likeness (QED) is 0.750. The van der Waals surface area contributed by atoms with Crippen molar-refractivity contribution in [1.82, 2.24) is 0 Å². The van der Waals surface area contributed by atoms with E-state index in [0.717, 1.165) is 19.3 Å². The Morgan fingerprint density at radius 3 is 2.75 bits per heavy atom. The predicted molar refractivity (Wildman–Crippen MR) is 62.0 cm³/mol. The van der Waals surface area contributed by atoms with Crippen LogP contribution in [0.2, 0.25) is 0 Å². The van der Waals surface area contributed by atoms with Gasteiger partial charge in [-0.25, -0.2) is 0 Å². The van der Waals surface area contributed by atoms with Crippen molar-refractivity contribution in [3.05, 3.63) is 11.6 Å². The van der Waals surface area contributed by atoms with E-state index in [1.807, 2.05) is 13.8 Å². The second-order valence-corrected chi connectivity index (χ2v) is 5.64. The lowest BCUT2D eigenvalue weighted by atomic mass is 9.78. The second-order valence-electron chi connectivity index (χ2n) is 5.64. The molecule has 0 amide bonds. The summed E-state index contributed by atoms with van der Waals surface area (Å²) in [7, 11) is 0. The Morgan fingerprint density at radius 2 is 2.19 bits per heavy atom. The molecule has 0 radical (unpaired) electrons. The smallest absolute Gasteiger partial charge is 0.163 e. The molecule has 3 heteroatoms. The van der Waals surface area contributed by atoms with Gasteiger partial charge in [0.2, 0.25) is 0 Å². The number of hydrogen-bond acceptors (Lipinski definition) is 3. The Kier molecular flexibility index (Phi) is 3.12. The number of rotatable bonds is 3. The maximum atomic E-state index is 9.34. The summed E-state index contributed by atoms with van der Waals surface area (Å²) >= 11 is 0. The summed E-state index contributed by atoms with van der Waals surface area (Å²) < 4.78 is 11.4. The molecule has 0 bridgehead atoms. The molecule has 1 saturated heterocycles. The Morgan fingerprint density at radius 1 is 1.44 bits per heavy atom. The van der Waals surface area contributed by atoms with E-state index < -0.39 is 5.79 Å². The molecule has 1 aliphatic heterocycles. The Labute approximate surface area is 97.4 Å². The number of hydrogen-bond donors (Lipinski definition) is 1. The maximum absolute atomic E-state index is 9.34. The van der Waals surface area contributed by atoms with Crippen molar-refractivity contribution in [1.29, 1.82) is 0 Å². The summed E-state index contributed by atoms with van der Waals surface area (Å²) in [6, 6.07) is 0. The minimum Gasteiger partial charge on any atom is -0.392 e. The molecule has 0 unspecified atom stereocenters. The lowest BCUT2D eigenvalue weighted by Gasteiger charge is -2.30.